The van der Waals surface area contributed by atoms with Gasteiger partial charge < -0.3 is 20.5 Å². The van der Waals surface area contributed by atoms with Crippen LogP contribution in [0, 0.1) is 0 Å². The highest BCUT2D eigenvalue weighted by atomic mass is 32.2. The van der Waals surface area contributed by atoms with Crippen molar-refractivity contribution >= 4 is 28.8 Å². The highest BCUT2D eigenvalue weighted by Crippen LogP contribution is 2.44. The number of aliphatic carboxylic acids is 1. The van der Waals surface area contributed by atoms with Crippen LogP contribution in [0.1, 0.15) is 36.8 Å². The van der Waals surface area contributed by atoms with Gasteiger partial charge in [0.15, 0.2) is 0 Å². The molecule has 0 spiro atoms. The molecular formula is C24H28N2O6S. The Morgan fingerprint density at radius 2 is 1.61 bits per heavy atom. The maximum atomic E-state index is 12.6. The van der Waals surface area contributed by atoms with Crippen molar-refractivity contribution in [3.63, 3.8) is 0 Å². The van der Waals surface area contributed by atoms with Crippen LogP contribution in [0.5, 0.6) is 0 Å². The van der Waals surface area contributed by atoms with Crippen LogP contribution < -0.4 is 10.6 Å². The molecule has 9 heteroatoms. The largest absolute Gasteiger partial charge is 0.481 e. The summed E-state index contributed by atoms with van der Waals surface area (Å²) in [5, 5.41) is 14.2. The summed E-state index contributed by atoms with van der Waals surface area (Å²) < 4.78 is 16.8. The average Bonchev–Trinajstić information content (AvgIpc) is 3.08. The van der Waals surface area contributed by atoms with Crippen molar-refractivity contribution in [2.75, 3.05) is 18.6 Å². The first-order valence-corrected chi connectivity index (χ1v) is 12.4. The number of ether oxygens (including phenoxy) is 1. The van der Waals surface area contributed by atoms with Crippen molar-refractivity contribution < 1.29 is 28.4 Å². The maximum absolute atomic E-state index is 12.6. The zero-order valence-electron chi connectivity index (χ0n) is 18.6. The van der Waals surface area contributed by atoms with Crippen molar-refractivity contribution in [3.05, 3.63) is 59.7 Å². The molecular weight excluding hydrogens is 444 g/mol. The lowest BCUT2D eigenvalue weighted by Crippen LogP contribution is -2.50. The van der Waals surface area contributed by atoms with Gasteiger partial charge in [0.2, 0.25) is 5.91 Å². The third kappa shape index (κ3) is 6.41. The number of carboxylic acids is 1. The molecule has 2 aromatic carbocycles. The molecule has 0 aliphatic heterocycles. The number of carboxylic acid groups (broad SMARTS) is 1. The number of carbonyl (C=O) groups excluding carboxylic acids is 2. The van der Waals surface area contributed by atoms with Crippen LogP contribution in [-0.2, 0) is 25.1 Å². The molecule has 33 heavy (non-hydrogen) atoms. The molecule has 0 saturated heterocycles. The number of nitrogens with one attached hydrogen (secondary N) is 2. The van der Waals surface area contributed by atoms with Crippen molar-refractivity contribution in [1.82, 2.24) is 10.6 Å². The predicted molar refractivity (Wildman–Crippen MR) is 125 cm³/mol. The van der Waals surface area contributed by atoms with E-state index in [9.17, 15) is 18.6 Å². The molecule has 0 fully saturated rings. The van der Waals surface area contributed by atoms with Gasteiger partial charge in [0.25, 0.3) is 0 Å². The number of hydrogen-bond acceptors (Lipinski definition) is 5. The molecule has 2 aromatic rings. The van der Waals surface area contributed by atoms with Gasteiger partial charge in [-0.3, -0.25) is 13.8 Å². The van der Waals surface area contributed by atoms with Gasteiger partial charge in [0.1, 0.15) is 12.6 Å². The third-order valence-electron chi connectivity index (χ3n) is 5.47. The Morgan fingerprint density at radius 3 is 2.15 bits per heavy atom. The molecule has 0 aromatic heterocycles. The molecule has 1 aliphatic carbocycles. The van der Waals surface area contributed by atoms with Crippen LogP contribution in [0.3, 0.4) is 0 Å². The molecule has 3 unspecified atom stereocenters. The van der Waals surface area contributed by atoms with Crippen LogP contribution in [0.4, 0.5) is 4.79 Å². The van der Waals surface area contributed by atoms with Crippen molar-refractivity contribution in [2.24, 2.45) is 0 Å². The Balaban J connectivity index is 1.65. The number of rotatable bonds is 10. The quantitative estimate of drug-likeness (QED) is 0.489. The van der Waals surface area contributed by atoms with Gasteiger partial charge in [-0.25, -0.2) is 4.79 Å². The minimum absolute atomic E-state index is 0.0817. The van der Waals surface area contributed by atoms with Gasteiger partial charge in [0.05, 0.1) is 0 Å². The van der Waals surface area contributed by atoms with Crippen LogP contribution in [0.2, 0.25) is 0 Å². The number of fused-ring (bicyclic) bond motifs is 3. The monoisotopic (exact) mass is 472 g/mol. The molecule has 0 saturated carbocycles. The van der Waals surface area contributed by atoms with Crippen molar-refractivity contribution in [2.45, 2.75) is 37.8 Å². The molecule has 0 heterocycles. The number of carbonyl (C=O) groups is 3. The normalized spacial score (nSPS) is 15.0. The van der Waals surface area contributed by atoms with Gasteiger partial charge in [-0.2, -0.15) is 0 Å². The Hall–Kier alpha value is -3.20. The van der Waals surface area contributed by atoms with E-state index in [-0.39, 0.29) is 37.2 Å². The Kier molecular flexibility index (Phi) is 8.21. The first kappa shape index (κ1) is 24.4. The minimum Gasteiger partial charge on any atom is -0.481 e. The lowest BCUT2D eigenvalue weighted by molar-refractivity contribution is -0.137. The number of hydrogen-bond donors (Lipinski definition) is 3. The lowest BCUT2D eigenvalue weighted by atomic mass is 9.98. The average molecular weight is 473 g/mol. The Labute approximate surface area is 195 Å². The van der Waals surface area contributed by atoms with Gasteiger partial charge >= 0.3 is 12.1 Å². The maximum Gasteiger partial charge on any atom is 0.407 e. The second-order valence-electron chi connectivity index (χ2n) is 8.10. The highest BCUT2D eigenvalue weighted by molar-refractivity contribution is 7.84. The van der Waals surface area contributed by atoms with E-state index in [2.05, 4.69) is 10.6 Å². The summed E-state index contributed by atoms with van der Waals surface area (Å²) in [6.07, 6.45) is 0.344. The molecule has 8 nitrogen and oxygen atoms in total. The molecule has 3 rings (SSSR count). The van der Waals surface area contributed by atoms with E-state index in [1.807, 2.05) is 48.5 Å². The van der Waals surface area contributed by atoms with E-state index >= 15 is 0 Å². The fourth-order valence-electron chi connectivity index (χ4n) is 4.06. The summed E-state index contributed by atoms with van der Waals surface area (Å²) in [6.45, 7) is 1.78. The van der Waals surface area contributed by atoms with Gasteiger partial charge in [0, 0.05) is 41.2 Å². The second-order valence-corrected chi connectivity index (χ2v) is 9.58. The standard InChI is InChI=1S/C24H28N2O6S/c1-15(14-33(2)31)25-23(29)21(11-12-22(27)28)26-24(30)32-13-20-18-9-5-3-7-16(18)17-8-4-6-10-19(17)20/h3-10,15,20-21H,11-14H2,1-2H3,(H,25,29)(H,26,30)(H,27,28). The van der Waals surface area contributed by atoms with Crippen LogP contribution in [0.25, 0.3) is 11.1 Å². The first-order valence-electron chi connectivity index (χ1n) is 10.7. The van der Waals surface area contributed by atoms with E-state index in [1.165, 1.54) is 6.26 Å². The molecule has 0 bridgehead atoms. The fourth-order valence-corrected chi connectivity index (χ4v) is 4.84. The molecule has 2 amide bonds. The highest BCUT2D eigenvalue weighted by Gasteiger charge is 2.30. The van der Waals surface area contributed by atoms with Gasteiger partial charge in [-0.1, -0.05) is 48.5 Å². The van der Waals surface area contributed by atoms with E-state index < -0.39 is 34.8 Å². The molecule has 3 N–H and O–H groups in total. The first-order chi connectivity index (χ1) is 15.8. The Bertz CT molecular complexity index is 1010. The fraction of sp³-hybridized carbons (Fsp3) is 0.375. The molecule has 176 valence electrons. The third-order valence-corrected chi connectivity index (χ3v) is 6.44. The molecule has 3 atom stereocenters. The van der Waals surface area contributed by atoms with Crippen LogP contribution in [0.15, 0.2) is 48.5 Å². The van der Waals surface area contributed by atoms with Crippen LogP contribution in [-0.4, -0.2) is 58.0 Å². The second kappa shape index (κ2) is 11.1. The van der Waals surface area contributed by atoms with Gasteiger partial charge in [-0.05, 0) is 35.6 Å². The van der Waals surface area contributed by atoms with Crippen LogP contribution >= 0.6 is 0 Å². The zero-order valence-corrected chi connectivity index (χ0v) is 19.4. The van der Waals surface area contributed by atoms with E-state index in [1.54, 1.807) is 6.92 Å². The minimum atomic E-state index is -1.11. The summed E-state index contributed by atoms with van der Waals surface area (Å²) in [5.74, 6) is -1.50. The zero-order chi connectivity index (χ0) is 24.0. The number of amides is 2. The Morgan fingerprint density at radius 1 is 1.03 bits per heavy atom. The summed E-state index contributed by atoms with van der Waals surface area (Å²) in [5.41, 5.74) is 4.33. The van der Waals surface area contributed by atoms with Crippen molar-refractivity contribution in [1.29, 1.82) is 0 Å². The van der Waals surface area contributed by atoms with E-state index in [0.29, 0.717) is 0 Å². The van der Waals surface area contributed by atoms with Crippen molar-refractivity contribution in [3.8, 4) is 11.1 Å². The summed E-state index contributed by atoms with van der Waals surface area (Å²) in [6, 6.07) is 14.4. The number of benzene rings is 2. The molecule has 1 aliphatic rings. The number of alkyl carbamates (subject to hydrolysis) is 1. The van der Waals surface area contributed by atoms with E-state index in [0.717, 1.165) is 22.3 Å². The summed E-state index contributed by atoms with van der Waals surface area (Å²) in [4.78, 5) is 36.1. The van der Waals surface area contributed by atoms with Gasteiger partial charge in [-0.15, -0.1) is 0 Å². The van der Waals surface area contributed by atoms with E-state index in [4.69, 9.17) is 9.84 Å². The smallest absolute Gasteiger partial charge is 0.407 e. The molecule has 0 radical (unpaired) electrons. The predicted octanol–water partition coefficient (Wildman–Crippen LogP) is 2.64. The lowest BCUT2D eigenvalue weighted by Gasteiger charge is -2.21. The summed E-state index contributed by atoms with van der Waals surface area (Å²) in [7, 11) is -1.11. The summed E-state index contributed by atoms with van der Waals surface area (Å²) >= 11 is 0. The SMILES string of the molecule is CC(CS(C)=O)NC(=O)C(CCC(=O)O)NC(=O)OCC1c2ccccc2-c2ccccc21. The topological polar surface area (TPSA) is 122 Å².